The Bertz CT molecular complexity index is 833. The van der Waals surface area contributed by atoms with Crippen molar-refractivity contribution in [3.63, 3.8) is 0 Å². The lowest BCUT2D eigenvalue weighted by atomic mass is 10.1. The molecule has 0 unspecified atom stereocenters. The molecular formula is C16H20N4O4S. The monoisotopic (exact) mass is 364 g/mol. The van der Waals surface area contributed by atoms with Crippen LogP contribution in [0.15, 0.2) is 53.4 Å². The fraction of sp³-hybridized carbons (Fsp3) is 0.250. The number of nitrogens with one attached hydrogen (secondary N) is 1. The number of anilines is 1. The fourth-order valence-electron chi connectivity index (χ4n) is 2.17. The summed E-state index contributed by atoms with van der Waals surface area (Å²) >= 11 is 0. The third kappa shape index (κ3) is 4.75. The van der Waals surface area contributed by atoms with Gasteiger partial charge >= 0.3 is 0 Å². The first-order valence-electron chi connectivity index (χ1n) is 7.47. The maximum Gasteiger partial charge on any atom is 0.269 e. The van der Waals surface area contributed by atoms with E-state index in [-0.39, 0.29) is 17.1 Å². The van der Waals surface area contributed by atoms with Crippen molar-refractivity contribution >= 4 is 21.4 Å². The van der Waals surface area contributed by atoms with Gasteiger partial charge in [-0.25, -0.2) is 13.1 Å². The third-order valence-corrected chi connectivity index (χ3v) is 5.13. The molecule has 8 nitrogen and oxygen atoms in total. The first-order chi connectivity index (χ1) is 11.7. The number of nitrogens with two attached hydrogens (primary N) is 1. The molecule has 2 aromatic carbocycles. The van der Waals surface area contributed by atoms with E-state index in [4.69, 9.17) is 5.73 Å². The van der Waals surface area contributed by atoms with Gasteiger partial charge in [-0.15, -0.1) is 0 Å². The van der Waals surface area contributed by atoms with E-state index in [0.717, 1.165) is 23.4 Å². The molecular weight excluding hydrogens is 344 g/mol. The summed E-state index contributed by atoms with van der Waals surface area (Å²) in [5.41, 5.74) is 7.69. The van der Waals surface area contributed by atoms with Gasteiger partial charge in [0.1, 0.15) is 0 Å². The number of hydrogen-bond donors (Lipinski definition) is 2. The van der Waals surface area contributed by atoms with Gasteiger partial charge in [-0.3, -0.25) is 10.1 Å². The summed E-state index contributed by atoms with van der Waals surface area (Å²) in [5, 5.41) is 10.6. The van der Waals surface area contributed by atoms with Crippen LogP contribution in [-0.2, 0) is 10.0 Å². The van der Waals surface area contributed by atoms with Crippen molar-refractivity contribution in [2.24, 2.45) is 5.73 Å². The Labute approximate surface area is 146 Å². The predicted octanol–water partition coefficient (Wildman–Crippen LogP) is 1.64. The van der Waals surface area contributed by atoms with Gasteiger partial charge in [-0.1, -0.05) is 12.1 Å². The Kier molecular flexibility index (Phi) is 5.73. The largest absolute Gasteiger partial charge is 0.378 e. The maximum atomic E-state index is 12.2. The van der Waals surface area contributed by atoms with Gasteiger partial charge in [0, 0.05) is 44.5 Å². The number of non-ortho nitro benzene ring substituents is 1. The minimum absolute atomic E-state index is 0.0145. The van der Waals surface area contributed by atoms with E-state index in [9.17, 15) is 18.5 Å². The van der Waals surface area contributed by atoms with Crippen molar-refractivity contribution in [1.29, 1.82) is 0 Å². The van der Waals surface area contributed by atoms with Crippen LogP contribution in [0.1, 0.15) is 11.6 Å². The smallest absolute Gasteiger partial charge is 0.269 e. The lowest BCUT2D eigenvalue weighted by Crippen LogP contribution is -2.32. The zero-order valence-electron chi connectivity index (χ0n) is 13.9. The van der Waals surface area contributed by atoms with Crippen LogP contribution in [0.4, 0.5) is 11.4 Å². The fourth-order valence-corrected chi connectivity index (χ4v) is 3.23. The number of benzene rings is 2. The van der Waals surface area contributed by atoms with Crippen molar-refractivity contribution in [1.82, 2.24) is 4.72 Å². The molecule has 9 heteroatoms. The van der Waals surface area contributed by atoms with Crippen molar-refractivity contribution in [3.8, 4) is 0 Å². The van der Waals surface area contributed by atoms with Gasteiger partial charge in [-0.05, 0) is 29.8 Å². The minimum Gasteiger partial charge on any atom is -0.378 e. The molecule has 25 heavy (non-hydrogen) atoms. The number of nitrogens with zero attached hydrogens (tertiary/aromatic N) is 2. The summed E-state index contributed by atoms with van der Waals surface area (Å²) in [4.78, 5) is 11.9. The molecule has 1 atom stereocenters. The molecule has 0 spiro atoms. The summed E-state index contributed by atoms with van der Waals surface area (Å²) in [7, 11) is 0.0595. The Balaban J connectivity index is 2.04. The van der Waals surface area contributed by atoms with Crippen LogP contribution in [0, 0.1) is 10.1 Å². The van der Waals surface area contributed by atoms with Gasteiger partial charge in [0.2, 0.25) is 10.0 Å². The maximum absolute atomic E-state index is 12.2. The van der Waals surface area contributed by atoms with E-state index in [0.29, 0.717) is 0 Å². The summed E-state index contributed by atoms with van der Waals surface area (Å²) < 4.78 is 26.9. The molecule has 0 heterocycles. The lowest BCUT2D eigenvalue weighted by Gasteiger charge is -2.16. The Hall–Kier alpha value is -2.49. The average molecular weight is 364 g/mol. The molecule has 0 saturated carbocycles. The first kappa shape index (κ1) is 18.8. The molecule has 2 aromatic rings. The van der Waals surface area contributed by atoms with Crippen molar-refractivity contribution in [2.45, 2.75) is 10.9 Å². The SMILES string of the molecule is CN(C)c1ccc([C@@H](N)CNS(=O)(=O)c2ccc([N+](=O)[O-])cc2)cc1. The molecule has 134 valence electrons. The second kappa shape index (κ2) is 7.60. The molecule has 0 fully saturated rings. The van der Waals surface area contributed by atoms with Crippen LogP contribution >= 0.6 is 0 Å². The molecule has 0 saturated heterocycles. The highest BCUT2D eigenvalue weighted by Crippen LogP contribution is 2.18. The van der Waals surface area contributed by atoms with Crippen LogP contribution < -0.4 is 15.4 Å². The van der Waals surface area contributed by atoms with Gasteiger partial charge in [0.15, 0.2) is 0 Å². The van der Waals surface area contributed by atoms with E-state index >= 15 is 0 Å². The second-order valence-corrected chi connectivity index (χ2v) is 7.46. The summed E-state index contributed by atoms with van der Waals surface area (Å²) in [6, 6.07) is 11.7. The molecule has 0 aliphatic rings. The quantitative estimate of drug-likeness (QED) is 0.569. The normalized spacial score (nSPS) is 12.6. The highest BCUT2D eigenvalue weighted by Gasteiger charge is 2.17. The summed E-state index contributed by atoms with van der Waals surface area (Å²) in [5.74, 6) is 0. The molecule has 0 aliphatic carbocycles. The highest BCUT2D eigenvalue weighted by atomic mass is 32.2. The van der Waals surface area contributed by atoms with Gasteiger partial charge < -0.3 is 10.6 Å². The van der Waals surface area contributed by atoms with E-state index in [1.807, 2.05) is 43.3 Å². The predicted molar refractivity (Wildman–Crippen MR) is 96.0 cm³/mol. The van der Waals surface area contributed by atoms with Crippen LogP contribution in [0.5, 0.6) is 0 Å². The number of sulfonamides is 1. The standard InChI is InChI=1S/C16H20N4O4S/c1-19(2)13-5-3-12(4-6-13)16(17)11-18-25(23,24)15-9-7-14(8-10-15)20(21)22/h3-10,16,18H,11,17H2,1-2H3/t16-/m0/s1. The number of nitro benzene ring substituents is 1. The number of nitro groups is 1. The van der Waals surface area contributed by atoms with E-state index in [1.54, 1.807) is 0 Å². The average Bonchev–Trinajstić information content (AvgIpc) is 2.60. The van der Waals surface area contributed by atoms with Gasteiger partial charge in [-0.2, -0.15) is 0 Å². The summed E-state index contributed by atoms with van der Waals surface area (Å²) in [6.07, 6.45) is 0. The molecule has 0 radical (unpaired) electrons. The van der Waals surface area contributed by atoms with Crippen LogP contribution in [0.3, 0.4) is 0 Å². The topological polar surface area (TPSA) is 119 Å². The van der Waals surface area contributed by atoms with E-state index in [2.05, 4.69) is 4.72 Å². The molecule has 3 N–H and O–H groups in total. The Morgan fingerprint density at radius 1 is 1.12 bits per heavy atom. The van der Waals surface area contributed by atoms with Crippen LogP contribution in [0.2, 0.25) is 0 Å². The zero-order chi connectivity index (χ0) is 18.6. The van der Waals surface area contributed by atoms with Gasteiger partial charge in [0.25, 0.3) is 5.69 Å². The highest BCUT2D eigenvalue weighted by molar-refractivity contribution is 7.89. The zero-order valence-corrected chi connectivity index (χ0v) is 14.7. The third-order valence-electron chi connectivity index (χ3n) is 3.69. The minimum atomic E-state index is -3.79. The van der Waals surface area contributed by atoms with E-state index in [1.165, 1.54) is 12.1 Å². The lowest BCUT2D eigenvalue weighted by molar-refractivity contribution is -0.384. The number of hydrogen-bond acceptors (Lipinski definition) is 6. The number of rotatable bonds is 7. The van der Waals surface area contributed by atoms with E-state index < -0.39 is 21.0 Å². The van der Waals surface area contributed by atoms with Crippen molar-refractivity contribution in [3.05, 3.63) is 64.2 Å². The Morgan fingerprint density at radius 3 is 2.16 bits per heavy atom. The summed E-state index contributed by atoms with van der Waals surface area (Å²) in [6.45, 7) is 0.0145. The molecule has 2 rings (SSSR count). The molecule has 0 bridgehead atoms. The Morgan fingerprint density at radius 2 is 1.68 bits per heavy atom. The van der Waals surface area contributed by atoms with Crippen molar-refractivity contribution < 1.29 is 13.3 Å². The van der Waals surface area contributed by atoms with Crippen LogP contribution in [-0.4, -0.2) is 34.0 Å². The first-order valence-corrected chi connectivity index (χ1v) is 8.96. The van der Waals surface area contributed by atoms with Crippen LogP contribution in [0.25, 0.3) is 0 Å². The second-order valence-electron chi connectivity index (χ2n) is 5.70. The molecule has 0 aromatic heterocycles. The van der Waals surface area contributed by atoms with Crippen molar-refractivity contribution in [2.75, 3.05) is 25.5 Å². The van der Waals surface area contributed by atoms with Gasteiger partial charge in [0.05, 0.1) is 9.82 Å². The molecule has 0 aliphatic heterocycles. The molecule has 0 amide bonds.